The van der Waals surface area contributed by atoms with E-state index in [2.05, 4.69) is 10.6 Å². The van der Waals surface area contributed by atoms with Gasteiger partial charge in [-0.05, 0) is 63.8 Å². The third-order valence-corrected chi connectivity index (χ3v) is 4.73. The molecule has 7 nitrogen and oxygen atoms in total. The van der Waals surface area contributed by atoms with E-state index >= 15 is 0 Å². The van der Waals surface area contributed by atoms with Crippen LogP contribution < -0.4 is 10.6 Å². The molecule has 1 fully saturated rings. The molecule has 158 valence electrons. The highest BCUT2D eigenvalue weighted by molar-refractivity contribution is 5.68. The van der Waals surface area contributed by atoms with E-state index in [1.807, 2.05) is 45.0 Å². The van der Waals surface area contributed by atoms with Gasteiger partial charge in [-0.2, -0.15) is 0 Å². The fraction of sp³-hybridized carbons (Fsp3) is 0.667. The maximum Gasteiger partial charge on any atom is 0.410 e. The molecule has 0 aliphatic carbocycles. The van der Waals surface area contributed by atoms with Crippen LogP contribution in [0.5, 0.6) is 0 Å². The standard InChI is InChI=1S/C21H35N3O4/c1-21(2,3)28-20(27)24-10-8-17(9-11-24)13-22-12-16-4-6-18(7-5-16)23-14-19(26)15-25/h4-7,17,19,22-23,25-26H,8-15H2,1-3H3. The van der Waals surface area contributed by atoms with Crippen LogP contribution in [0, 0.1) is 5.92 Å². The lowest BCUT2D eigenvalue weighted by atomic mass is 9.97. The highest BCUT2D eigenvalue weighted by Crippen LogP contribution is 2.19. The average molecular weight is 394 g/mol. The molecule has 1 unspecified atom stereocenters. The predicted octanol–water partition coefficient (Wildman–Crippen LogP) is 2.19. The molecule has 0 spiro atoms. The van der Waals surface area contributed by atoms with Gasteiger partial charge in [-0.1, -0.05) is 12.1 Å². The van der Waals surface area contributed by atoms with Gasteiger partial charge in [-0.25, -0.2) is 4.79 Å². The van der Waals surface area contributed by atoms with Gasteiger partial charge in [0.05, 0.1) is 12.7 Å². The van der Waals surface area contributed by atoms with E-state index in [1.54, 1.807) is 4.90 Å². The number of amides is 1. The van der Waals surface area contributed by atoms with E-state index in [4.69, 9.17) is 9.84 Å². The van der Waals surface area contributed by atoms with Crippen LogP contribution in [0.1, 0.15) is 39.2 Å². The molecule has 1 saturated heterocycles. The molecular formula is C21H35N3O4. The van der Waals surface area contributed by atoms with Crippen molar-refractivity contribution in [3.63, 3.8) is 0 Å². The van der Waals surface area contributed by atoms with Gasteiger partial charge >= 0.3 is 6.09 Å². The van der Waals surface area contributed by atoms with Crippen molar-refractivity contribution in [3.8, 4) is 0 Å². The minimum absolute atomic E-state index is 0.209. The van der Waals surface area contributed by atoms with Crippen molar-refractivity contribution in [2.75, 3.05) is 38.1 Å². The fourth-order valence-corrected chi connectivity index (χ4v) is 3.11. The van der Waals surface area contributed by atoms with Crippen LogP contribution in [0.15, 0.2) is 24.3 Å². The number of carbonyl (C=O) groups excluding carboxylic acids is 1. The van der Waals surface area contributed by atoms with Crippen molar-refractivity contribution in [2.24, 2.45) is 5.92 Å². The Labute approximate surface area is 168 Å². The first-order valence-corrected chi connectivity index (χ1v) is 10.1. The molecule has 1 amide bonds. The fourth-order valence-electron chi connectivity index (χ4n) is 3.11. The number of rotatable bonds is 8. The van der Waals surface area contributed by atoms with Crippen molar-refractivity contribution in [1.29, 1.82) is 0 Å². The van der Waals surface area contributed by atoms with Gasteiger partial charge in [0.1, 0.15) is 5.60 Å². The highest BCUT2D eigenvalue weighted by Gasteiger charge is 2.26. The van der Waals surface area contributed by atoms with Gasteiger partial charge in [0, 0.05) is 31.9 Å². The number of aliphatic hydroxyl groups excluding tert-OH is 2. The summed E-state index contributed by atoms with van der Waals surface area (Å²) in [4.78, 5) is 13.9. The average Bonchev–Trinajstić information content (AvgIpc) is 2.66. The second kappa shape index (κ2) is 10.6. The Morgan fingerprint density at radius 2 is 1.89 bits per heavy atom. The van der Waals surface area contributed by atoms with Crippen LogP contribution in [-0.2, 0) is 11.3 Å². The molecule has 28 heavy (non-hydrogen) atoms. The van der Waals surface area contributed by atoms with Crippen LogP contribution in [0.3, 0.4) is 0 Å². The molecule has 1 aromatic carbocycles. The number of anilines is 1. The molecule has 1 atom stereocenters. The second-order valence-corrected chi connectivity index (χ2v) is 8.46. The first-order valence-electron chi connectivity index (χ1n) is 10.1. The van der Waals surface area contributed by atoms with Crippen LogP contribution in [0.4, 0.5) is 10.5 Å². The smallest absolute Gasteiger partial charge is 0.410 e. The Kier molecular flexibility index (Phi) is 8.54. The van der Waals surface area contributed by atoms with Gasteiger partial charge in [0.2, 0.25) is 0 Å². The molecule has 1 aliphatic rings. The molecule has 0 saturated carbocycles. The number of piperidine rings is 1. The topological polar surface area (TPSA) is 94.1 Å². The number of ether oxygens (including phenoxy) is 1. The van der Waals surface area contributed by atoms with E-state index < -0.39 is 11.7 Å². The monoisotopic (exact) mass is 393 g/mol. The van der Waals surface area contributed by atoms with Gasteiger partial charge in [-0.3, -0.25) is 0 Å². The van der Waals surface area contributed by atoms with E-state index in [1.165, 1.54) is 5.56 Å². The number of benzene rings is 1. The SMILES string of the molecule is CC(C)(C)OC(=O)N1CCC(CNCc2ccc(NCC(O)CO)cc2)CC1. The lowest BCUT2D eigenvalue weighted by Gasteiger charge is -2.33. The normalized spacial score (nSPS) is 16.7. The maximum absolute atomic E-state index is 12.1. The van der Waals surface area contributed by atoms with Crippen molar-refractivity contribution in [1.82, 2.24) is 10.2 Å². The summed E-state index contributed by atoms with van der Waals surface area (Å²) >= 11 is 0. The van der Waals surface area contributed by atoms with Gasteiger partial charge in [0.25, 0.3) is 0 Å². The van der Waals surface area contributed by atoms with E-state index in [0.717, 1.165) is 44.7 Å². The lowest BCUT2D eigenvalue weighted by Crippen LogP contribution is -2.43. The number of hydrogen-bond acceptors (Lipinski definition) is 6. The van der Waals surface area contributed by atoms with E-state index in [9.17, 15) is 9.90 Å². The van der Waals surface area contributed by atoms with E-state index in [0.29, 0.717) is 12.5 Å². The Balaban J connectivity index is 1.64. The lowest BCUT2D eigenvalue weighted by molar-refractivity contribution is 0.0184. The number of likely N-dealkylation sites (tertiary alicyclic amines) is 1. The Bertz CT molecular complexity index is 593. The van der Waals surface area contributed by atoms with Crippen molar-refractivity contribution in [2.45, 2.75) is 51.9 Å². The largest absolute Gasteiger partial charge is 0.444 e. The zero-order chi connectivity index (χ0) is 20.6. The summed E-state index contributed by atoms with van der Waals surface area (Å²) in [5.41, 5.74) is 1.67. The van der Waals surface area contributed by atoms with Gasteiger partial charge in [0.15, 0.2) is 0 Å². The van der Waals surface area contributed by atoms with Crippen LogP contribution in [0.25, 0.3) is 0 Å². The summed E-state index contributed by atoms with van der Waals surface area (Å²) in [6.45, 7) is 9.00. The molecule has 0 radical (unpaired) electrons. The minimum Gasteiger partial charge on any atom is -0.444 e. The van der Waals surface area contributed by atoms with E-state index in [-0.39, 0.29) is 12.7 Å². The number of aliphatic hydroxyl groups is 2. The van der Waals surface area contributed by atoms with Gasteiger partial charge in [-0.15, -0.1) is 0 Å². The summed E-state index contributed by atoms with van der Waals surface area (Å²) in [6.07, 6.45) is 1.02. The van der Waals surface area contributed by atoms with Crippen molar-refractivity contribution < 1.29 is 19.7 Å². The first kappa shape index (κ1) is 22.5. The third-order valence-electron chi connectivity index (χ3n) is 4.73. The third kappa shape index (κ3) is 8.04. The number of carbonyl (C=O) groups is 1. The van der Waals surface area contributed by atoms with Crippen LogP contribution in [0.2, 0.25) is 0 Å². The molecule has 0 bridgehead atoms. The Morgan fingerprint density at radius 1 is 1.25 bits per heavy atom. The summed E-state index contributed by atoms with van der Waals surface area (Å²) in [7, 11) is 0. The minimum atomic E-state index is -0.747. The summed E-state index contributed by atoms with van der Waals surface area (Å²) in [6, 6.07) is 8.04. The molecule has 0 aromatic heterocycles. The van der Waals surface area contributed by atoms with Crippen molar-refractivity contribution in [3.05, 3.63) is 29.8 Å². The maximum atomic E-state index is 12.1. The summed E-state index contributed by atoms with van der Waals surface area (Å²) < 4.78 is 5.44. The van der Waals surface area contributed by atoms with Gasteiger partial charge < -0.3 is 30.5 Å². The molecule has 4 N–H and O–H groups in total. The molecule has 1 heterocycles. The first-order chi connectivity index (χ1) is 13.3. The molecule has 1 aliphatic heterocycles. The zero-order valence-corrected chi connectivity index (χ0v) is 17.3. The zero-order valence-electron chi connectivity index (χ0n) is 17.3. The summed E-state index contributed by atoms with van der Waals surface area (Å²) in [5.74, 6) is 0.569. The van der Waals surface area contributed by atoms with Crippen LogP contribution in [-0.4, -0.2) is 65.7 Å². The van der Waals surface area contributed by atoms with Crippen molar-refractivity contribution >= 4 is 11.8 Å². The number of hydrogen-bond donors (Lipinski definition) is 4. The number of nitrogens with zero attached hydrogens (tertiary/aromatic N) is 1. The highest BCUT2D eigenvalue weighted by atomic mass is 16.6. The molecular weight excluding hydrogens is 358 g/mol. The van der Waals surface area contributed by atoms with Crippen LogP contribution >= 0.6 is 0 Å². The molecule has 7 heteroatoms. The molecule has 1 aromatic rings. The Hall–Kier alpha value is -1.83. The number of nitrogens with one attached hydrogen (secondary N) is 2. The summed E-state index contributed by atoms with van der Waals surface area (Å²) in [5, 5.41) is 24.8. The predicted molar refractivity (Wildman–Crippen MR) is 110 cm³/mol. The molecule has 2 rings (SSSR count). The Morgan fingerprint density at radius 3 is 2.46 bits per heavy atom. The quantitative estimate of drug-likeness (QED) is 0.541. The second-order valence-electron chi connectivity index (χ2n) is 8.46.